The topological polar surface area (TPSA) is 86.8 Å². The van der Waals surface area contributed by atoms with Crippen LogP contribution in [0, 0.1) is 13.8 Å². The number of hydrogen-bond acceptors (Lipinski definition) is 4. The molecule has 7 nitrogen and oxygen atoms in total. The van der Waals surface area contributed by atoms with Gasteiger partial charge in [-0.2, -0.15) is 0 Å². The smallest absolute Gasteiger partial charge is 0.242 e. The summed E-state index contributed by atoms with van der Waals surface area (Å²) < 4.78 is 26.3. The molecule has 0 bridgehead atoms. The minimum atomic E-state index is -3.53. The fourth-order valence-corrected chi connectivity index (χ4v) is 5.07. The minimum absolute atomic E-state index is 0.1000. The van der Waals surface area contributed by atoms with Crippen LogP contribution in [0.4, 0.5) is 5.69 Å². The number of sulfonamides is 1. The second-order valence-corrected chi connectivity index (χ2v) is 11.2. The fourth-order valence-electron chi connectivity index (χ4n) is 3.91. The molecule has 0 heterocycles. The Balaban J connectivity index is 2.18. The molecule has 0 saturated heterocycles. The number of carbonyl (C=O) groups excluding carboxylic acids is 2. The molecular formula is C26H36ClN3O4S. The zero-order chi connectivity index (χ0) is 26.2. The van der Waals surface area contributed by atoms with Crippen LogP contribution in [0.15, 0.2) is 42.5 Å². The molecule has 2 aromatic rings. The number of amides is 2. The Morgan fingerprint density at radius 2 is 1.74 bits per heavy atom. The number of anilines is 1. The van der Waals surface area contributed by atoms with E-state index < -0.39 is 16.1 Å². The SMILES string of the molecule is CCCNC(=O)[C@H](C)N(Cc1cccc(Cl)c1)C(=O)CCCN(c1cc(C)cc(C)c1)S(C)(=O)=O. The van der Waals surface area contributed by atoms with E-state index in [-0.39, 0.29) is 31.3 Å². The van der Waals surface area contributed by atoms with Crippen molar-refractivity contribution in [3.63, 3.8) is 0 Å². The molecule has 0 unspecified atom stereocenters. The molecule has 0 saturated carbocycles. The molecule has 192 valence electrons. The summed E-state index contributed by atoms with van der Waals surface area (Å²) in [5, 5.41) is 3.40. The molecule has 0 spiro atoms. The second kappa shape index (κ2) is 12.9. The molecule has 0 radical (unpaired) electrons. The highest BCUT2D eigenvalue weighted by Gasteiger charge is 2.26. The van der Waals surface area contributed by atoms with Crippen molar-refractivity contribution in [2.45, 2.75) is 59.5 Å². The van der Waals surface area contributed by atoms with Gasteiger partial charge in [-0.05, 0) is 74.6 Å². The van der Waals surface area contributed by atoms with E-state index in [0.29, 0.717) is 23.7 Å². The average Bonchev–Trinajstić information content (AvgIpc) is 2.76. The molecule has 2 amide bonds. The third-order valence-electron chi connectivity index (χ3n) is 5.61. The van der Waals surface area contributed by atoms with Crippen molar-refractivity contribution in [2.24, 2.45) is 0 Å². The van der Waals surface area contributed by atoms with Gasteiger partial charge in [-0.3, -0.25) is 13.9 Å². The lowest BCUT2D eigenvalue weighted by Gasteiger charge is -2.29. The summed E-state index contributed by atoms with van der Waals surface area (Å²) in [6.45, 7) is 8.41. The quantitative estimate of drug-likeness (QED) is 0.447. The van der Waals surface area contributed by atoms with Gasteiger partial charge in [-0.1, -0.05) is 36.7 Å². The summed E-state index contributed by atoms with van der Waals surface area (Å²) in [5.41, 5.74) is 3.32. The van der Waals surface area contributed by atoms with E-state index in [2.05, 4.69) is 5.32 Å². The Morgan fingerprint density at radius 3 is 2.31 bits per heavy atom. The second-order valence-electron chi connectivity index (χ2n) is 8.90. The molecule has 2 aromatic carbocycles. The summed E-state index contributed by atoms with van der Waals surface area (Å²) in [4.78, 5) is 27.4. The van der Waals surface area contributed by atoms with E-state index in [1.807, 2.05) is 45.0 Å². The monoisotopic (exact) mass is 521 g/mol. The van der Waals surface area contributed by atoms with Crippen molar-refractivity contribution in [1.82, 2.24) is 10.2 Å². The fraction of sp³-hybridized carbons (Fsp3) is 0.462. The molecule has 35 heavy (non-hydrogen) atoms. The summed E-state index contributed by atoms with van der Waals surface area (Å²) in [7, 11) is -3.53. The molecule has 0 aromatic heterocycles. The van der Waals surface area contributed by atoms with E-state index in [1.165, 1.54) is 9.21 Å². The average molecular weight is 522 g/mol. The number of nitrogens with one attached hydrogen (secondary N) is 1. The Hall–Kier alpha value is -2.58. The van der Waals surface area contributed by atoms with Crippen LogP contribution in [0.25, 0.3) is 0 Å². The Kier molecular flexibility index (Phi) is 10.6. The van der Waals surface area contributed by atoms with Crippen LogP contribution in [-0.2, 0) is 26.2 Å². The lowest BCUT2D eigenvalue weighted by Crippen LogP contribution is -2.47. The molecular weight excluding hydrogens is 486 g/mol. The molecule has 2 rings (SSSR count). The van der Waals surface area contributed by atoms with Gasteiger partial charge in [0.1, 0.15) is 6.04 Å². The van der Waals surface area contributed by atoms with Crippen molar-refractivity contribution in [1.29, 1.82) is 0 Å². The van der Waals surface area contributed by atoms with Crippen LogP contribution in [0.2, 0.25) is 5.02 Å². The maximum Gasteiger partial charge on any atom is 0.242 e. The summed E-state index contributed by atoms with van der Waals surface area (Å²) >= 11 is 6.11. The number of rotatable bonds is 12. The minimum Gasteiger partial charge on any atom is -0.354 e. The van der Waals surface area contributed by atoms with Crippen LogP contribution in [0.5, 0.6) is 0 Å². The number of hydrogen-bond donors (Lipinski definition) is 1. The predicted octanol–water partition coefficient (Wildman–Crippen LogP) is 4.45. The lowest BCUT2D eigenvalue weighted by molar-refractivity contribution is -0.140. The number of nitrogens with zero attached hydrogens (tertiary/aromatic N) is 2. The normalized spacial score (nSPS) is 12.2. The zero-order valence-electron chi connectivity index (χ0n) is 21.2. The third-order valence-corrected chi connectivity index (χ3v) is 7.03. The molecule has 0 aliphatic heterocycles. The van der Waals surface area contributed by atoms with Crippen molar-refractivity contribution in [3.05, 3.63) is 64.2 Å². The highest BCUT2D eigenvalue weighted by atomic mass is 35.5. The van der Waals surface area contributed by atoms with E-state index in [1.54, 1.807) is 25.1 Å². The molecule has 0 aliphatic rings. The lowest BCUT2D eigenvalue weighted by atomic mass is 10.1. The molecule has 0 aliphatic carbocycles. The van der Waals surface area contributed by atoms with Crippen LogP contribution in [0.3, 0.4) is 0 Å². The van der Waals surface area contributed by atoms with E-state index >= 15 is 0 Å². The van der Waals surface area contributed by atoms with Gasteiger partial charge in [-0.15, -0.1) is 0 Å². The third kappa shape index (κ3) is 8.85. The highest BCUT2D eigenvalue weighted by molar-refractivity contribution is 7.92. The maximum atomic E-state index is 13.3. The van der Waals surface area contributed by atoms with Crippen molar-refractivity contribution in [2.75, 3.05) is 23.7 Å². The van der Waals surface area contributed by atoms with Gasteiger partial charge in [0.05, 0.1) is 11.9 Å². The predicted molar refractivity (Wildman–Crippen MR) is 142 cm³/mol. The van der Waals surface area contributed by atoms with Gasteiger partial charge in [-0.25, -0.2) is 8.42 Å². The number of carbonyl (C=O) groups is 2. The highest BCUT2D eigenvalue weighted by Crippen LogP contribution is 2.22. The van der Waals surface area contributed by atoms with E-state index in [4.69, 9.17) is 11.6 Å². The zero-order valence-corrected chi connectivity index (χ0v) is 22.7. The van der Waals surface area contributed by atoms with Gasteiger partial charge in [0.15, 0.2) is 0 Å². The van der Waals surface area contributed by atoms with Crippen LogP contribution in [0.1, 0.15) is 49.8 Å². The largest absolute Gasteiger partial charge is 0.354 e. The van der Waals surface area contributed by atoms with Gasteiger partial charge >= 0.3 is 0 Å². The summed E-state index contributed by atoms with van der Waals surface area (Å²) in [6.07, 6.45) is 2.37. The van der Waals surface area contributed by atoms with E-state index in [0.717, 1.165) is 29.4 Å². The molecule has 9 heteroatoms. The van der Waals surface area contributed by atoms with Gasteiger partial charge in [0.2, 0.25) is 21.8 Å². The van der Waals surface area contributed by atoms with Crippen LogP contribution in [-0.4, -0.2) is 50.5 Å². The van der Waals surface area contributed by atoms with Gasteiger partial charge < -0.3 is 10.2 Å². The summed E-state index contributed by atoms with van der Waals surface area (Å²) in [5.74, 6) is -0.451. The Labute approximate surface area is 214 Å². The van der Waals surface area contributed by atoms with Gasteiger partial charge in [0, 0.05) is 31.1 Å². The standard InChI is InChI=1S/C26H36ClN3O4S/c1-6-12-28-26(32)21(4)29(18-22-9-7-10-23(27)17-22)25(31)11-8-13-30(35(5,33)34)24-15-19(2)14-20(3)16-24/h7,9-10,14-17,21H,6,8,11-13,18H2,1-5H3,(H,28,32)/t21-/m0/s1. The maximum absolute atomic E-state index is 13.3. The van der Waals surface area contributed by atoms with Crippen LogP contribution >= 0.6 is 11.6 Å². The van der Waals surface area contributed by atoms with Crippen molar-refractivity contribution < 1.29 is 18.0 Å². The first kappa shape index (κ1) is 28.7. The summed E-state index contributed by atoms with van der Waals surface area (Å²) in [6, 6.07) is 12.1. The van der Waals surface area contributed by atoms with Gasteiger partial charge in [0.25, 0.3) is 0 Å². The van der Waals surface area contributed by atoms with E-state index in [9.17, 15) is 18.0 Å². The molecule has 0 fully saturated rings. The first-order valence-corrected chi connectivity index (χ1v) is 14.0. The number of benzene rings is 2. The van der Waals surface area contributed by atoms with Crippen molar-refractivity contribution >= 4 is 39.1 Å². The Morgan fingerprint density at radius 1 is 1.09 bits per heavy atom. The molecule has 1 atom stereocenters. The number of aryl methyl sites for hydroxylation is 2. The Bertz CT molecular complexity index is 1120. The molecule has 1 N–H and O–H groups in total. The van der Waals surface area contributed by atoms with Crippen LogP contribution < -0.4 is 9.62 Å². The first-order valence-electron chi connectivity index (χ1n) is 11.8. The van der Waals surface area contributed by atoms with Crippen molar-refractivity contribution in [3.8, 4) is 0 Å². The first-order chi connectivity index (χ1) is 16.4. The number of halogens is 1.